The zero-order valence-electron chi connectivity index (χ0n) is 16.1. The molecule has 2 atom stereocenters. The second kappa shape index (κ2) is 9.33. The van der Waals surface area contributed by atoms with E-state index < -0.39 is 0 Å². The molecule has 0 saturated heterocycles. The summed E-state index contributed by atoms with van der Waals surface area (Å²) in [4.78, 5) is 12.2. The van der Waals surface area contributed by atoms with E-state index in [1.54, 1.807) is 0 Å². The van der Waals surface area contributed by atoms with Crippen LogP contribution in [0.15, 0.2) is 79.5 Å². The molecular weight excluding hydrogens is 316 g/mol. The molecule has 2 unspecified atom stereocenters. The van der Waals surface area contributed by atoms with Crippen LogP contribution in [-0.4, -0.2) is 5.78 Å². The second-order valence-electron chi connectivity index (χ2n) is 6.81. The fraction of sp³-hybridized carbons (Fsp3) is 0.320. The van der Waals surface area contributed by atoms with Crippen LogP contribution in [0.25, 0.3) is 5.57 Å². The Bertz CT molecular complexity index is 743. The van der Waals surface area contributed by atoms with Crippen molar-refractivity contribution in [2.75, 3.05) is 0 Å². The van der Waals surface area contributed by atoms with Crippen LogP contribution < -0.4 is 0 Å². The molecule has 0 heterocycles. The standard InChI is InChI=1S/C25H30O/c1-6-11-18(5)21(7-2)22(8-3)19-14-16-20(17-15-19)24-12-10-13-25(26)23(24)9-4/h6,8,10,12,14-17,23-24H,1,3,5,7,9,11,13H2,2,4H3. The van der Waals surface area contributed by atoms with Gasteiger partial charge in [-0.25, -0.2) is 0 Å². The molecule has 0 bridgehead atoms. The average Bonchev–Trinajstić information content (AvgIpc) is 2.66. The van der Waals surface area contributed by atoms with Gasteiger partial charge >= 0.3 is 0 Å². The molecule has 1 aliphatic carbocycles. The number of benzene rings is 1. The third-order valence-corrected chi connectivity index (χ3v) is 5.26. The molecule has 1 aliphatic rings. The summed E-state index contributed by atoms with van der Waals surface area (Å²) in [5.41, 5.74) is 5.80. The molecule has 1 aromatic carbocycles. The first-order valence-electron chi connectivity index (χ1n) is 9.51. The Morgan fingerprint density at radius 2 is 1.88 bits per heavy atom. The Morgan fingerprint density at radius 3 is 2.42 bits per heavy atom. The number of hydrogen-bond donors (Lipinski definition) is 0. The molecular formula is C25H30O. The van der Waals surface area contributed by atoms with Gasteiger partial charge in [0.2, 0.25) is 0 Å². The molecule has 26 heavy (non-hydrogen) atoms. The van der Waals surface area contributed by atoms with Crippen molar-refractivity contribution in [1.29, 1.82) is 0 Å². The van der Waals surface area contributed by atoms with Crippen molar-refractivity contribution in [3.63, 3.8) is 0 Å². The maximum Gasteiger partial charge on any atom is 0.140 e. The Kier molecular flexibility index (Phi) is 7.15. The Labute approximate surface area is 158 Å². The van der Waals surface area contributed by atoms with Gasteiger partial charge in [-0.15, -0.1) is 6.58 Å². The van der Waals surface area contributed by atoms with E-state index in [1.807, 2.05) is 18.2 Å². The van der Waals surface area contributed by atoms with Gasteiger partial charge in [0.15, 0.2) is 0 Å². The summed E-state index contributed by atoms with van der Waals surface area (Å²) in [6.07, 6.45) is 11.2. The van der Waals surface area contributed by atoms with Crippen LogP contribution in [0.2, 0.25) is 0 Å². The van der Waals surface area contributed by atoms with Gasteiger partial charge in [0.25, 0.3) is 0 Å². The number of hydrogen-bond acceptors (Lipinski definition) is 1. The molecule has 2 rings (SSSR count). The van der Waals surface area contributed by atoms with E-state index in [1.165, 1.54) is 11.1 Å². The summed E-state index contributed by atoms with van der Waals surface area (Å²) in [7, 11) is 0. The van der Waals surface area contributed by atoms with Crippen molar-refractivity contribution in [3.05, 3.63) is 90.6 Å². The van der Waals surface area contributed by atoms with Crippen LogP contribution in [0.4, 0.5) is 0 Å². The van der Waals surface area contributed by atoms with Crippen molar-refractivity contribution in [2.24, 2.45) is 5.92 Å². The van der Waals surface area contributed by atoms with E-state index in [-0.39, 0.29) is 11.8 Å². The lowest BCUT2D eigenvalue weighted by Crippen LogP contribution is -2.23. The lowest BCUT2D eigenvalue weighted by molar-refractivity contribution is -0.122. The predicted molar refractivity (Wildman–Crippen MR) is 113 cm³/mol. The third kappa shape index (κ3) is 4.22. The molecule has 0 saturated carbocycles. The van der Waals surface area contributed by atoms with E-state index in [2.05, 4.69) is 63.9 Å². The molecule has 0 aliphatic heterocycles. The quantitative estimate of drug-likeness (QED) is 0.373. The first kappa shape index (κ1) is 19.9. The number of carbonyl (C=O) groups is 1. The first-order chi connectivity index (χ1) is 12.6. The molecule has 0 amide bonds. The van der Waals surface area contributed by atoms with Gasteiger partial charge in [-0.05, 0) is 47.1 Å². The lowest BCUT2D eigenvalue weighted by atomic mass is 9.77. The van der Waals surface area contributed by atoms with Crippen molar-refractivity contribution in [3.8, 4) is 0 Å². The van der Waals surface area contributed by atoms with Crippen molar-refractivity contribution >= 4 is 11.4 Å². The Balaban J connectivity index is 2.38. The van der Waals surface area contributed by atoms with Crippen molar-refractivity contribution in [2.45, 2.75) is 45.4 Å². The molecule has 1 heteroatoms. The van der Waals surface area contributed by atoms with Gasteiger partial charge in [-0.3, -0.25) is 4.79 Å². The summed E-state index contributed by atoms with van der Waals surface area (Å²) in [5, 5.41) is 0. The monoisotopic (exact) mass is 346 g/mol. The predicted octanol–water partition coefficient (Wildman–Crippen LogP) is 6.81. The largest absolute Gasteiger partial charge is 0.299 e. The van der Waals surface area contributed by atoms with E-state index in [4.69, 9.17) is 0 Å². The summed E-state index contributed by atoms with van der Waals surface area (Å²) in [6.45, 7) is 16.3. The van der Waals surface area contributed by atoms with Gasteiger partial charge in [-0.1, -0.05) is 75.6 Å². The van der Waals surface area contributed by atoms with Gasteiger partial charge in [-0.2, -0.15) is 0 Å². The summed E-state index contributed by atoms with van der Waals surface area (Å²) < 4.78 is 0. The number of allylic oxidation sites excluding steroid dienone is 7. The zero-order valence-corrected chi connectivity index (χ0v) is 16.1. The molecule has 136 valence electrons. The molecule has 0 spiro atoms. The highest BCUT2D eigenvalue weighted by molar-refractivity contribution is 5.85. The Morgan fingerprint density at radius 1 is 1.19 bits per heavy atom. The van der Waals surface area contributed by atoms with Crippen molar-refractivity contribution in [1.82, 2.24) is 0 Å². The average molecular weight is 347 g/mol. The topological polar surface area (TPSA) is 17.1 Å². The van der Waals surface area contributed by atoms with Crippen LogP contribution in [0.1, 0.15) is 56.6 Å². The molecule has 1 aromatic rings. The summed E-state index contributed by atoms with van der Waals surface area (Å²) in [5.74, 6) is 0.636. The van der Waals surface area contributed by atoms with E-state index >= 15 is 0 Å². The SMILES string of the molecule is C=CCC(=C)C(CC)=C(C=C)c1ccc(C2C=CCC(=O)C2CC)cc1. The minimum absolute atomic E-state index is 0.0961. The number of rotatable bonds is 8. The van der Waals surface area contributed by atoms with Crippen molar-refractivity contribution < 1.29 is 4.79 Å². The van der Waals surface area contributed by atoms with Crippen LogP contribution in [0.5, 0.6) is 0 Å². The van der Waals surface area contributed by atoms with E-state index in [0.717, 1.165) is 36.0 Å². The molecule has 1 nitrogen and oxygen atoms in total. The molecule has 0 fully saturated rings. The number of carbonyl (C=O) groups excluding carboxylic acids is 1. The van der Waals surface area contributed by atoms with Gasteiger partial charge in [0.1, 0.15) is 5.78 Å². The normalized spacial score (nSPS) is 20.5. The smallest absolute Gasteiger partial charge is 0.140 e. The van der Waals surface area contributed by atoms with Gasteiger partial charge in [0.05, 0.1) is 0 Å². The highest BCUT2D eigenvalue weighted by Gasteiger charge is 2.28. The Hall–Kier alpha value is -2.41. The van der Waals surface area contributed by atoms with Crippen LogP contribution in [0, 0.1) is 5.92 Å². The maximum atomic E-state index is 12.2. The zero-order chi connectivity index (χ0) is 19.1. The first-order valence-corrected chi connectivity index (χ1v) is 9.51. The summed E-state index contributed by atoms with van der Waals surface area (Å²) in [6, 6.07) is 8.59. The maximum absolute atomic E-state index is 12.2. The second-order valence-corrected chi connectivity index (χ2v) is 6.81. The molecule has 0 N–H and O–H groups in total. The molecule has 0 radical (unpaired) electrons. The van der Waals surface area contributed by atoms with Gasteiger partial charge < -0.3 is 0 Å². The summed E-state index contributed by atoms with van der Waals surface area (Å²) >= 11 is 0. The van der Waals surface area contributed by atoms with Gasteiger partial charge in [0, 0.05) is 18.3 Å². The minimum atomic E-state index is 0.0961. The highest BCUT2D eigenvalue weighted by atomic mass is 16.1. The highest BCUT2D eigenvalue weighted by Crippen LogP contribution is 2.35. The van der Waals surface area contributed by atoms with E-state index in [0.29, 0.717) is 12.2 Å². The van der Waals surface area contributed by atoms with Crippen LogP contribution in [0.3, 0.4) is 0 Å². The van der Waals surface area contributed by atoms with Crippen LogP contribution >= 0.6 is 0 Å². The number of ketones is 1. The fourth-order valence-corrected chi connectivity index (χ4v) is 3.87. The van der Waals surface area contributed by atoms with Crippen LogP contribution in [-0.2, 0) is 4.79 Å². The fourth-order valence-electron chi connectivity index (χ4n) is 3.87. The van der Waals surface area contributed by atoms with E-state index in [9.17, 15) is 4.79 Å². The number of Topliss-reactive ketones (excluding diaryl/α,β-unsaturated/α-hetero) is 1. The lowest BCUT2D eigenvalue weighted by Gasteiger charge is -2.26. The molecule has 0 aromatic heterocycles. The third-order valence-electron chi connectivity index (χ3n) is 5.26. The minimum Gasteiger partial charge on any atom is -0.299 e.